The van der Waals surface area contributed by atoms with Crippen molar-refractivity contribution >= 4 is 11.6 Å². The van der Waals surface area contributed by atoms with E-state index in [0.29, 0.717) is 19.0 Å². The molecule has 0 aliphatic carbocycles. The molecule has 22 heavy (non-hydrogen) atoms. The SMILES string of the molecule is COCC(N)C(=O)N1CCC(c2nnc3ccccn23)CC1. The lowest BCUT2D eigenvalue weighted by molar-refractivity contribution is -0.134. The second-order valence-electron chi connectivity index (χ2n) is 5.65. The highest BCUT2D eigenvalue weighted by Crippen LogP contribution is 2.27. The lowest BCUT2D eigenvalue weighted by Gasteiger charge is -2.32. The average molecular weight is 303 g/mol. The molecule has 1 unspecified atom stereocenters. The number of aromatic nitrogens is 3. The van der Waals surface area contributed by atoms with Gasteiger partial charge < -0.3 is 15.4 Å². The zero-order valence-electron chi connectivity index (χ0n) is 12.7. The van der Waals surface area contributed by atoms with E-state index >= 15 is 0 Å². The van der Waals surface area contributed by atoms with Crippen molar-refractivity contribution in [3.05, 3.63) is 30.2 Å². The first-order valence-corrected chi connectivity index (χ1v) is 7.53. The Morgan fingerprint density at radius 1 is 1.41 bits per heavy atom. The minimum absolute atomic E-state index is 0.0357. The fraction of sp³-hybridized carbons (Fsp3) is 0.533. The van der Waals surface area contributed by atoms with Crippen molar-refractivity contribution in [2.45, 2.75) is 24.8 Å². The first-order chi connectivity index (χ1) is 10.7. The van der Waals surface area contributed by atoms with Crippen LogP contribution in [0.5, 0.6) is 0 Å². The van der Waals surface area contributed by atoms with Crippen molar-refractivity contribution in [1.29, 1.82) is 0 Å². The van der Waals surface area contributed by atoms with Gasteiger partial charge in [-0.3, -0.25) is 9.20 Å². The van der Waals surface area contributed by atoms with E-state index < -0.39 is 6.04 Å². The third-order valence-electron chi connectivity index (χ3n) is 4.18. The van der Waals surface area contributed by atoms with Gasteiger partial charge in [0.15, 0.2) is 5.65 Å². The van der Waals surface area contributed by atoms with Crippen molar-refractivity contribution in [3.8, 4) is 0 Å². The Kier molecular flexibility index (Phi) is 4.35. The van der Waals surface area contributed by atoms with Gasteiger partial charge in [0.05, 0.1) is 6.61 Å². The molecule has 1 saturated heterocycles. The van der Waals surface area contributed by atoms with Gasteiger partial charge in [-0.25, -0.2) is 0 Å². The molecular formula is C15H21N5O2. The van der Waals surface area contributed by atoms with Crippen LogP contribution in [0.25, 0.3) is 5.65 Å². The van der Waals surface area contributed by atoms with Crippen LogP contribution in [0.4, 0.5) is 0 Å². The lowest BCUT2D eigenvalue weighted by Crippen LogP contribution is -2.48. The molecule has 7 heteroatoms. The minimum atomic E-state index is -0.574. The van der Waals surface area contributed by atoms with E-state index in [4.69, 9.17) is 10.5 Å². The maximum Gasteiger partial charge on any atom is 0.241 e. The molecule has 2 aromatic heterocycles. The molecule has 7 nitrogen and oxygen atoms in total. The number of carbonyl (C=O) groups is 1. The highest BCUT2D eigenvalue weighted by molar-refractivity contribution is 5.81. The molecule has 3 heterocycles. The quantitative estimate of drug-likeness (QED) is 0.884. The summed E-state index contributed by atoms with van der Waals surface area (Å²) in [7, 11) is 1.55. The van der Waals surface area contributed by atoms with E-state index in [0.717, 1.165) is 24.3 Å². The summed E-state index contributed by atoms with van der Waals surface area (Å²) in [6.07, 6.45) is 3.74. The molecule has 1 amide bonds. The maximum atomic E-state index is 12.2. The van der Waals surface area contributed by atoms with E-state index in [1.807, 2.05) is 33.7 Å². The molecule has 1 aliphatic heterocycles. The number of pyridine rings is 1. The molecule has 1 aliphatic rings. The number of fused-ring (bicyclic) bond motifs is 1. The van der Waals surface area contributed by atoms with Gasteiger partial charge in [0.2, 0.25) is 5.91 Å². The van der Waals surface area contributed by atoms with Gasteiger partial charge in [0, 0.05) is 32.3 Å². The Morgan fingerprint density at radius 2 is 2.18 bits per heavy atom. The van der Waals surface area contributed by atoms with Crippen molar-refractivity contribution in [2.75, 3.05) is 26.8 Å². The maximum absolute atomic E-state index is 12.2. The zero-order chi connectivity index (χ0) is 15.5. The summed E-state index contributed by atoms with van der Waals surface area (Å²) < 4.78 is 6.98. The standard InChI is InChI=1S/C15H21N5O2/c1-22-10-12(16)15(21)19-8-5-11(6-9-19)14-18-17-13-4-2-3-7-20(13)14/h2-4,7,11-12H,5-6,8-10,16H2,1H3. The van der Waals surface area contributed by atoms with E-state index in [1.165, 1.54) is 0 Å². The van der Waals surface area contributed by atoms with Crippen LogP contribution in [0.1, 0.15) is 24.6 Å². The third kappa shape index (κ3) is 2.82. The fourth-order valence-corrected chi connectivity index (χ4v) is 2.98. The van der Waals surface area contributed by atoms with Gasteiger partial charge in [-0.2, -0.15) is 0 Å². The van der Waals surface area contributed by atoms with Crippen LogP contribution in [0.15, 0.2) is 24.4 Å². The Bertz CT molecular complexity index is 648. The van der Waals surface area contributed by atoms with Crippen LogP contribution >= 0.6 is 0 Å². The van der Waals surface area contributed by atoms with E-state index in [-0.39, 0.29) is 12.5 Å². The van der Waals surface area contributed by atoms with Crippen LogP contribution < -0.4 is 5.73 Å². The second-order valence-corrected chi connectivity index (χ2v) is 5.65. The summed E-state index contributed by atoms with van der Waals surface area (Å²) in [6.45, 7) is 1.65. The minimum Gasteiger partial charge on any atom is -0.383 e. The Morgan fingerprint density at radius 3 is 2.91 bits per heavy atom. The second kappa shape index (κ2) is 6.41. The summed E-state index contributed by atoms with van der Waals surface area (Å²) in [4.78, 5) is 14.0. The normalized spacial score (nSPS) is 17.8. The largest absolute Gasteiger partial charge is 0.383 e. The molecule has 1 atom stereocenters. The molecule has 0 bridgehead atoms. The number of amides is 1. The monoisotopic (exact) mass is 303 g/mol. The molecule has 0 saturated carbocycles. The van der Waals surface area contributed by atoms with Gasteiger partial charge in [-0.05, 0) is 25.0 Å². The predicted octanol–water partition coefficient (Wildman–Crippen LogP) is 0.409. The van der Waals surface area contributed by atoms with Gasteiger partial charge in [0.1, 0.15) is 11.9 Å². The molecule has 118 valence electrons. The Hall–Kier alpha value is -1.99. The van der Waals surface area contributed by atoms with Crippen molar-refractivity contribution in [1.82, 2.24) is 19.5 Å². The summed E-state index contributed by atoms with van der Waals surface area (Å²) in [6, 6.07) is 5.29. The molecule has 1 fully saturated rings. The highest BCUT2D eigenvalue weighted by atomic mass is 16.5. The first-order valence-electron chi connectivity index (χ1n) is 7.53. The van der Waals surface area contributed by atoms with Gasteiger partial charge in [-0.1, -0.05) is 6.07 Å². The number of nitrogens with zero attached hydrogens (tertiary/aromatic N) is 4. The van der Waals surface area contributed by atoms with E-state index in [2.05, 4.69) is 10.2 Å². The van der Waals surface area contributed by atoms with Crippen molar-refractivity contribution < 1.29 is 9.53 Å². The Balaban J connectivity index is 1.66. The molecule has 2 N–H and O–H groups in total. The third-order valence-corrected chi connectivity index (χ3v) is 4.18. The number of ether oxygens (including phenoxy) is 1. The topological polar surface area (TPSA) is 85.8 Å². The molecule has 3 rings (SSSR count). The average Bonchev–Trinajstić information content (AvgIpc) is 2.98. The summed E-state index contributed by atoms with van der Waals surface area (Å²) in [5.41, 5.74) is 6.68. The number of hydrogen-bond donors (Lipinski definition) is 1. The highest BCUT2D eigenvalue weighted by Gasteiger charge is 2.29. The Labute approximate surface area is 129 Å². The number of nitrogens with two attached hydrogens (primary N) is 1. The van der Waals surface area contributed by atoms with Gasteiger partial charge in [0.25, 0.3) is 0 Å². The lowest BCUT2D eigenvalue weighted by atomic mass is 9.95. The van der Waals surface area contributed by atoms with Crippen LogP contribution in [0.3, 0.4) is 0 Å². The number of methoxy groups -OCH3 is 1. The van der Waals surface area contributed by atoms with Crippen LogP contribution in [0.2, 0.25) is 0 Å². The number of piperidine rings is 1. The van der Waals surface area contributed by atoms with Crippen LogP contribution in [-0.4, -0.2) is 58.3 Å². The molecule has 2 aromatic rings. The van der Waals surface area contributed by atoms with Crippen molar-refractivity contribution in [3.63, 3.8) is 0 Å². The van der Waals surface area contributed by atoms with Crippen LogP contribution in [0, 0.1) is 0 Å². The summed E-state index contributed by atoms with van der Waals surface area (Å²) >= 11 is 0. The number of hydrogen-bond acceptors (Lipinski definition) is 5. The molecule has 0 spiro atoms. The molecule has 0 aromatic carbocycles. The first kappa shape index (κ1) is 14.9. The van der Waals surface area contributed by atoms with Crippen LogP contribution in [-0.2, 0) is 9.53 Å². The summed E-state index contributed by atoms with van der Waals surface area (Å²) in [5, 5.41) is 8.51. The van der Waals surface area contributed by atoms with E-state index in [1.54, 1.807) is 7.11 Å². The number of likely N-dealkylation sites (tertiary alicyclic amines) is 1. The van der Waals surface area contributed by atoms with Gasteiger partial charge >= 0.3 is 0 Å². The number of carbonyl (C=O) groups excluding carboxylic acids is 1. The number of rotatable bonds is 4. The summed E-state index contributed by atoms with van der Waals surface area (Å²) in [5.74, 6) is 1.26. The predicted molar refractivity (Wildman–Crippen MR) is 81.4 cm³/mol. The molecule has 0 radical (unpaired) electrons. The van der Waals surface area contributed by atoms with E-state index in [9.17, 15) is 4.79 Å². The van der Waals surface area contributed by atoms with Gasteiger partial charge in [-0.15, -0.1) is 10.2 Å². The smallest absolute Gasteiger partial charge is 0.241 e. The zero-order valence-corrected chi connectivity index (χ0v) is 12.7. The fourth-order valence-electron chi connectivity index (χ4n) is 2.98. The van der Waals surface area contributed by atoms with Crippen molar-refractivity contribution in [2.24, 2.45) is 5.73 Å². The molecular weight excluding hydrogens is 282 g/mol.